The second kappa shape index (κ2) is 5.83. The Labute approximate surface area is 119 Å². The van der Waals surface area contributed by atoms with E-state index in [9.17, 15) is 9.59 Å². The number of hydrogen-bond donors (Lipinski definition) is 2. The van der Waals surface area contributed by atoms with Crippen LogP contribution < -0.4 is 10.6 Å². The van der Waals surface area contributed by atoms with Crippen molar-refractivity contribution < 1.29 is 14.1 Å². The molecule has 2 heterocycles. The van der Waals surface area contributed by atoms with E-state index >= 15 is 0 Å². The highest BCUT2D eigenvalue weighted by atomic mass is 32.1. The molecule has 106 valence electrons. The Kier molecular flexibility index (Phi) is 4.14. The van der Waals surface area contributed by atoms with Crippen LogP contribution in [0.25, 0.3) is 0 Å². The minimum Gasteiger partial charge on any atom is -0.361 e. The molecule has 0 radical (unpaired) electrons. The number of carbonyl (C=O) groups is 2. The van der Waals surface area contributed by atoms with Crippen LogP contribution in [0.15, 0.2) is 9.90 Å². The first-order chi connectivity index (χ1) is 9.47. The highest BCUT2D eigenvalue weighted by molar-refractivity contribution is 7.14. The normalized spacial score (nSPS) is 10.3. The standard InChI is InChI=1S/C12H14N4O3S/c1-6-9(7(2)19-16-6)4-13-11(18)10-5-20-12(15-10)14-8(3)17/h5H,4H2,1-3H3,(H,13,18)(H,14,15,17). The van der Waals surface area contributed by atoms with Crippen LogP contribution in [0, 0.1) is 13.8 Å². The second-order valence-corrected chi connectivity index (χ2v) is 5.06. The number of anilines is 1. The summed E-state index contributed by atoms with van der Waals surface area (Å²) < 4.78 is 5.02. The number of aryl methyl sites for hydroxylation is 2. The zero-order valence-electron chi connectivity index (χ0n) is 11.3. The molecule has 2 N–H and O–H groups in total. The largest absolute Gasteiger partial charge is 0.361 e. The molecule has 7 nitrogen and oxygen atoms in total. The third-order valence-electron chi connectivity index (χ3n) is 2.63. The van der Waals surface area contributed by atoms with Gasteiger partial charge in [-0.25, -0.2) is 4.98 Å². The van der Waals surface area contributed by atoms with Gasteiger partial charge in [0, 0.05) is 24.4 Å². The summed E-state index contributed by atoms with van der Waals surface area (Å²) in [4.78, 5) is 26.8. The lowest BCUT2D eigenvalue weighted by molar-refractivity contribution is -0.114. The maximum absolute atomic E-state index is 11.9. The van der Waals surface area contributed by atoms with Crippen molar-refractivity contribution in [3.8, 4) is 0 Å². The number of amides is 2. The first-order valence-corrected chi connectivity index (χ1v) is 6.78. The van der Waals surface area contributed by atoms with E-state index in [4.69, 9.17) is 4.52 Å². The zero-order chi connectivity index (χ0) is 14.7. The molecule has 20 heavy (non-hydrogen) atoms. The fraction of sp³-hybridized carbons (Fsp3) is 0.333. The lowest BCUT2D eigenvalue weighted by Gasteiger charge is -2.02. The molecule has 0 saturated carbocycles. The number of rotatable bonds is 4. The van der Waals surface area contributed by atoms with Gasteiger partial charge in [-0.1, -0.05) is 5.16 Å². The minimum atomic E-state index is -0.308. The molecule has 8 heteroatoms. The second-order valence-electron chi connectivity index (χ2n) is 4.20. The number of hydrogen-bond acceptors (Lipinski definition) is 6. The van der Waals surface area contributed by atoms with Crippen molar-refractivity contribution in [1.29, 1.82) is 0 Å². The van der Waals surface area contributed by atoms with E-state index in [1.54, 1.807) is 12.3 Å². The van der Waals surface area contributed by atoms with Gasteiger partial charge in [0.05, 0.1) is 5.69 Å². The molecule has 0 bridgehead atoms. The summed E-state index contributed by atoms with van der Waals surface area (Å²) in [6.07, 6.45) is 0. The van der Waals surface area contributed by atoms with Crippen molar-refractivity contribution in [2.24, 2.45) is 0 Å². The van der Waals surface area contributed by atoms with E-state index in [1.165, 1.54) is 18.3 Å². The van der Waals surface area contributed by atoms with Crippen LogP contribution in [0.1, 0.15) is 34.4 Å². The summed E-state index contributed by atoms with van der Waals surface area (Å²) in [6, 6.07) is 0. The Morgan fingerprint density at radius 1 is 1.40 bits per heavy atom. The molecule has 2 aromatic heterocycles. The van der Waals surface area contributed by atoms with Crippen molar-refractivity contribution in [2.45, 2.75) is 27.3 Å². The molecule has 0 aliphatic rings. The fourth-order valence-corrected chi connectivity index (χ4v) is 2.34. The highest BCUT2D eigenvalue weighted by Gasteiger charge is 2.14. The van der Waals surface area contributed by atoms with Gasteiger partial charge in [-0.15, -0.1) is 11.3 Å². The maximum atomic E-state index is 11.9. The van der Waals surface area contributed by atoms with Gasteiger partial charge in [0.2, 0.25) is 5.91 Å². The molecular weight excluding hydrogens is 280 g/mol. The van der Waals surface area contributed by atoms with E-state index in [2.05, 4.69) is 20.8 Å². The number of nitrogens with zero attached hydrogens (tertiary/aromatic N) is 2. The van der Waals surface area contributed by atoms with Crippen molar-refractivity contribution >= 4 is 28.3 Å². The molecule has 2 amide bonds. The number of aromatic nitrogens is 2. The van der Waals surface area contributed by atoms with Crippen LogP contribution in [0.4, 0.5) is 5.13 Å². The van der Waals surface area contributed by atoms with Gasteiger partial charge in [-0.05, 0) is 13.8 Å². The molecule has 0 unspecified atom stereocenters. The SMILES string of the molecule is CC(=O)Nc1nc(C(=O)NCc2c(C)noc2C)cs1. The van der Waals surface area contributed by atoms with Gasteiger partial charge in [-0.3, -0.25) is 9.59 Å². The Morgan fingerprint density at radius 3 is 2.75 bits per heavy atom. The number of carbonyl (C=O) groups excluding carboxylic acids is 2. The van der Waals surface area contributed by atoms with Gasteiger partial charge in [0.15, 0.2) is 5.13 Å². The van der Waals surface area contributed by atoms with E-state index in [0.29, 0.717) is 17.4 Å². The third kappa shape index (κ3) is 3.21. The fourth-order valence-electron chi connectivity index (χ4n) is 1.60. The predicted octanol–water partition coefficient (Wildman–Crippen LogP) is 1.64. The molecule has 0 aliphatic carbocycles. The molecule has 0 aromatic carbocycles. The molecule has 0 fully saturated rings. The highest BCUT2D eigenvalue weighted by Crippen LogP contribution is 2.16. The van der Waals surface area contributed by atoms with Crippen LogP contribution in [-0.2, 0) is 11.3 Å². The lowest BCUT2D eigenvalue weighted by Crippen LogP contribution is -2.23. The van der Waals surface area contributed by atoms with Gasteiger partial charge in [-0.2, -0.15) is 0 Å². The molecule has 0 spiro atoms. The number of nitrogens with one attached hydrogen (secondary N) is 2. The van der Waals surface area contributed by atoms with Crippen molar-refractivity contribution in [2.75, 3.05) is 5.32 Å². The Hall–Kier alpha value is -2.22. The summed E-state index contributed by atoms with van der Waals surface area (Å²) in [5.74, 6) is 0.153. The molecule has 0 saturated heterocycles. The van der Waals surface area contributed by atoms with Crippen LogP contribution in [0.3, 0.4) is 0 Å². The van der Waals surface area contributed by atoms with Gasteiger partial charge in [0.25, 0.3) is 5.91 Å². The summed E-state index contributed by atoms with van der Waals surface area (Å²) in [5, 5.41) is 11.1. The van der Waals surface area contributed by atoms with Crippen molar-refractivity contribution in [3.63, 3.8) is 0 Å². The van der Waals surface area contributed by atoms with E-state index in [0.717, 1.165) is 11.3 Å². The Morgan fingerprint density at radius 2 is 2.15 bits per heavy atom. The average Bonchev–Trinajstić information content (AvgIpc) is 2.95. The topological polar surface area (TPSA) is 97.1 Å². The Balaban J connectivity index is 1.98. The first kappa shape index (κ1) is 14.2. The lowest BCUT2D eigenvalue weighted by atomic mass is 10.2. The Bertz CT molecular complexity index is 627. The van der Waals surface area contributed by atoms with E-state index < -0.39 is 0 Å². The molecular formula is C12H14N4O3S. The van der Waals surface area contributed by atoms with E-state index in [1.807, 2.05) is 6.92 Å². The minimum absolute atomic E-state index is 0.220. The number of thiazole rings is 1. The van der Waals surface area contributed by atoms with Crippen molar-refractivity contribution in [1.82, 2.24) is 15.5 Å². The van der Waals surface area contributed by atoms with Gasteiger partial charge >= 0.3 is 0 Å². The smallest absolute Gasteiger partial charge is 0.271 e. The molecule has 2 rings (SSSR count). The van der Waals surface area contributed by atoms with Crippen LogP contribution in [0.2, 0.25) is 0 Å². The van der Waals surface area contributed by atoms with Crippen LogP contribution in [-0.4, -0.2) is 22.0 Å². The summed E-state index contributed by atoms with van der Waals surface area (Å²) in [5.41, 5.74) is 1.88. The molecule has 2 aromatic rings. The average molecular weight is 294 g/mol. The summed E-state index contributed by atoms with van der Waals surface area (Å²) in [6.45, 7) is 5.32. The zero-order valence-corrected chi connectivity index (χ0v) is 12.1. The monoisotopic (exact) mass is 294 g/mol. The summed E-state index contributed by atoms with van der Waals surface area (Å²) in [7, 11) is 0. The third-order valence-corrected chi connectivity index (χ3v) is 3.38. The van der Waals surface area contributed by atoms with Gasteiger partial charge < -0.3 is 15.2 Å². The summed E-state index contributed by atoms with van der Waals surface area (Å²) >= 11 is 1.20. The van der Waals surface area contributed by atoms with E-state index in [-0.39, 0.29) is 17.5 Å². The van der Waals surface area contributed by atoms with Crippen molar-refractivity contribution in [3.05, 3.63) is 28.1 Å². The van der Waals surface area contributed by atoms with Gasteiger partial charge in [0.1, 0.15) is 11.5 Å². The van der Waals surface area contributed by atoms with Crippen LogP contribution >= 0.6 is 11.3 Å². The predicted molar refractivity (Wildman–Crippen MR) is 73.6 cm³/mol. The maximum Gasteiger partial charge on any atom is 0.271 e. The quantitative estimate of drug-likeness (QED) is 0.893. The van der Waals surface area contributed by atoms with Crippen LogP contribution in [0.5, 0.6) is 0 Å². The molecule has 0 atom stereocenters. The molecule has 0 aliphatic heterocycles. The first-order valence-electron chi connectivity index (χ1n) is 5.90.